The number of ether oxygens (including phenoxy) is 1. The Hall–Kier alpha value is -2.99. The number of carbonyl (C=O) groups excluding carboxylic acids is 2. The van der Waals surface area contributed by atoms with Gasteiger partial charge in [0.15, 0.2) is 6.29 Å². The van der Waals surface area contributed by atoms with E-state index >= 15 is 0 Å². The van der Waals surface area contributed by atoms with Gasteiger partial charge in [-0.1, -0.05) is 45.0 Å². The summed E-state index contributed by atoms with van der Waals surface area (Å²) in [6, 6.07) is 15.4. The number of hydrogen-bond acceptors (Lipinski definition) is 4. The highest BCUT2D eigenvalue weighted by Gasteiger charge is 2.26. The number of esters is 1. The molecule has 0 bridgehead atoms. The maximum Gasteiger partial charge on any atom is 0.302 e. The molecule has 1 heterocycles. The molecule has 0 aliphatic heterocycles. The second-order valence-electron chi connectivity index (χ2n) is 6.86. The van der Waals surface area contributed by atoms with Gasteiger partial charge in [0, 0.05) is 23.9 Å². The van der Waals surface area contributed by atoms with Crippen molar-refractivity contribution in [2.24, 2.45) is 0 Å². The van der Waals surface area contributed by atoms with Gasteiger partial charge in [0.1, 0.15) is 5.82 Å². The zero-order valence-electron chi connectivity index (χ0n) is 19.2. The van der Waals surface area contributed by atoms with E-state index in [1.807, 2.05) is 20.9 Å². The van der Waals surface area contributed by atoms with Crippen molar-refractivity contribution in [3.05, 3.63) is 71.2 Å². The van der Waals surface area contributed by atoms with Gasteiger partial charge in [0.05, 0.1) is 12.8 Å². The Morgan fingerprint density at radius 2 is 1.84 bits per heavy atom. The summed E-state index contributed by atoms with van der Waals surface area (Å²) in [4.78, 5) is 22.8. The molecule has 0 saturated carbocycles. The Balaban J connectivity index is 0.000000241. The van der Waals surface area contributed by atoms with Crippen molar-refractivity contribution in [1.29, 1.82) is 0 Å². The molecule has 2 aromatic carbocycles. The van der Waals surface area contributed by atoms with Gasteiger partial charge in [0.25, 0.3) is 0 Å². The summed E-state index contributed by atoms with van der Waals surface area (Å²) in [5.41, 5.74) is 4.29. The summed E-state index contributed by atoms with van der Waals surface area (Å²) in [6.07, 6.45) is 1.89. The number of methoxy groups -OCH3 is 1. The van der Waals surface area contributed by atoms with E-state index in [9.17, 15) is 14.0 Å². The molecule has 5 nitrogen and oxygen atoms in total. The lowest BCUT2D eigenvalue weighted by atomic mass is 10.0. The average Bonchev–Trinajstić information content (AvgIpc) is 3.36. The van der Waals surface area contributed by atoms with E-state index in [0.29, 0.717) is 23.9 Å². The Morgan fingerprint density at radius 3 is 2.39 bits per heavy atom. The third kappa shape index (κ3) is 7.64. The summed E-state index contributed by atoms with van der Waals surface area (Å²) >= 11 is 0. The number of nitrogens with one attached hydrogen (secondary N) is 2. The number of aldehydes is 1. The van der Waals surface area contributed by atoms with E-state index in [-0.39, 0.29) is 11.8 Å². The van der Waals surface area contributed by atoms with Crippen LogP contribution < -0.4 is 5.32 Å². The molecule has 2 atom stereocenters. The molecule has 2 N–H and O–H groups in total. The van der Waals surface area contributed by atoms with Gasteiger partial charge in [0.2, 0.25) is 0 Å². The van der Waals surface area contributed by atoms with Gasteiger partial charge in [-0.05, 0) is 54.8 Å². The van der Waals surface area contributed by atoms with Gasteiger partial charge in [-0.15, -0.1) is 0 Å². The van der Waals surface area contributed by atoms with Gasteiger partial charge in [-0.25, -0.2) is 4.39 Å². The quantitative estimate of drug-likeness (QED) is 0.431. The fourth-order valence-corrected chi connectivity index (χ4v) is 3.34. The fraction of sp³-hybridized carbons (Fsp3) is 0.360. The maximum absolute atomic E-state index is 12.6. The standard InChI is InChI=1S/C11H15N.C9H6FNO.C3H6O2.C2H6/c1-8-10-6-4-3-5-9(10)7-11(8)12-2;10-7-1-2-9-6(3-7)4-8(5-12)11-9;1-3(4)5-2;1-2/h3-6,8,11-12H,7H2,1-2H3;1-5,11H;1-2H3;1-2H3/t8-,11?;;;/m1.../s1. The molecule has 1 aliphatic rings. The van der Waals surface area contributed by atoms with E-state index in [0.717, 1.165) is 10.9 Å². The molecule has 4 rings (SSSR count). The summed E-state index contributed by atoms with van der Waals surface area (Å²) in [6.45, 7) is 7.66. The molecule has 0 amide bonds. The minimum absolute atomic E-state index is 0.245. The first-order valence-electron chi connectivity index (χ1n) is 10.4. The monoisotopic (exact) mass is 428 g/mol. The number of hydrogen-bond donors (Lipinski definition) is 2. The lowest BCUT2D eigenvalue weighted by molar-refractivity contribution is -0.137. The number of carbonyl (C=O) groups is 2. The smallest absolute Gasteiger partial charge is 0.302 e. The Bertz CT molecular complexity index is 968. The number of likely N-dealkylation sites (N-methyl/N-ethyl adjacent to an activating group) is 1. The van der Waals surface area contributed by atoms with Crippen LogP contribution in [0.1, 0.15) is 55.2 Å². The Labute approximate surface area is 184 Å². The lowest BCUT2D eigenvalue weighted by Crippen LogP contribution is -2.27. The largest absolute Gasteiger partial charge is 0.469 e. The Morgan fingerprint density at radius 1 is 1.19 bits per heavy atom. The molecule has 0 radical (unpaired) electrons. The van der Waals surface area contributed by atoms with Crippen LogP contribution in [-0.2, 0) is 16.0 Å². The number of benzene rings is 2. The molecule has 6 heteroatoms. The minimum Gasteiger partial charge on any atom is -0.469 e. The minimum atomic E-state index is -0.293. The van der Waals surface area contributed by atoms with Crippen LogP contribution in [0.5, 0.6) is 0 Å². The van der Waals surface area contributed by atoms with Crippen LogP contribution >= 0.6 is 0 Å². The van der Waals surface area contributed by atoms with E-state index in [1.54, 1.807) is 12.1 Å². The number of aromatic amines is 1. The topological polar surface area (TPSA) is 71.2 Å². The zero-order chi connectivity index (χ0) is 23.4. The number of H-pyrrole nitrogens is 1. The summed E-state index contributed by atoms with van der Waals surface area (Å²) in [7, 11) is 3.40. The fourth-order valence-electron chi connectivity index (χ4n) is 3.34. The van der Waals surface area contributed by atoms with Crippen LogP contribution in [0, 0.1) is 5.82 Å². The first kappa shape index (κ1) is 26.0. The molecule has 31 heavy (non-hydrogen) atoms. The first-order valence-corrected chi connectivity index (χ1v) is 10.4. The number of fused-ring (bicyclic) bond motifs is 2. The third-order valence-electron chi connectivity index (χ3n) is 4.98. The first-order chi connectivity index (χ1) is 14.9. The molecule has 1 aromatic heterocycles. The van der Waals surface area contributed by atoms with Crippen LogP contribution in [0.4, 0.5) is 4.39 Å². The van der Waals surface area contributed by atoms with Crippen molar-refractivity contribution >= 4 is 23.2 Å². The Kier molecular flexibility index (Phi) is 11.2. The summed E-state index contributed by atoms with van der Waals surface area (Å²) in [5.74, 6) is 0.134. The van der Waals surface area contributed by atoms with Crippen LogP contribution in [0.15, 0.2) is 48.5 Å². The molecule has 1 unspecified atom stereocenters. The normalized spacial score (nSPS) is 15.8. The van der Waals surface area contributed by atoms with E-state index in [2.05, 4.69) is 46.2 Å². The molecule has 3 aromatic rings. The predicted molar refractivity (Wildman–Crippen MR) is 124 cm³/mol. The summed E-state index contributed by atoms with van der Waals surface area (Å²) in [5, 5.41) is 4.08. The molecular weight excluding hydrogens is 395 g/mol. The van der Waals surface area contributed by atoms with Crippen LogP contribution in [-0.4, -0.2) is 37.4 Å². The SMILES string of the molecule is CC.CNC1Cc2ccccc2[C@H]1C.COC(C)=O.O=Cc1cc2cc(F)ccc2[nH]1. The van der Waals surface area contributed by atoms with Crippen molar-refractivity contribution in [2.75, 3.05) is 14.2 Å². The van der Waals surface area contributed by atoms with Crippen molar-refractivity contribution in [3.8, 4) is 0 Å². The molecule has 0 saturated heterocycles. The van der Waals surface area contributed by atoms with Crippen molar-refractivity contribution in [1.82, 2.24) is 10.3 Å². The molecular formula is C25H33FN2O3. The predicted octanol–water partition coefficient (Wildman–Crippen LogP) is 5.26. The highest BCUT2D eigenvalue weighted by Crippen LogP contribution is 2.32. The average molecular weight is 429 g/mol. The molecule has 1 aliphatic carbocycles. The van der Waals surface area contributed by atoms with Gasteiger partial charge < -0.3 is 15.0 Å². The van der Waals surface area contributed by atoms with E-state index in [1.165, 1.54) is 43.7 Å². The van der Waals surface area contributed by atoms with Crippen LogP contribution in [0.3, 0.4) is 0 Å². The van der Waals surface area contributed by atoms with Crippen LogP contribution in [0.25, 0.3) is 10.9 Å². The highest BCUT2D eigenvalue weighted by atomic mass is 19.1. The van der Waals surface area contributed by atoms with Gasteiger partial charge in [-0.3, -0.25) is 9.59 Å². The highest BCUT2D eigenvalue weighted by molar-refractivity contribution is 5.87. The van der Waals surface area contributed by atoms with Gasteiger partial charge in [-0.2, -0.15) is 0 Å². The zero-order valence-corrected chi connectivity index (χ0v) is 19.2. The molecule has 168 valence electrons. The van der Waals surface area contributed by atoms with E-state index in [4.69, 9.17) is 0 Å². The van der Waals surface area contributed by atoms with E-state index < -0.39 is 0 Å². The second-order valence-corrected chi connectivity index (χ2v) is 6.86. The summed E-state index contributed by atoms with van der Waals surface area (Å²) < 4.78 is 16.8. The van der Waals surface area contributed by atoms with Crippen molar-refractivity contribution in [2.45, 2.75) is 46.1 Å². The number of rotatable bonds is 2. The number of aromatic nitrogens is 1. The van der Waals surface area contributed by atoms with Crippen molar-refractivity contribution in [3.63, 3.8) is 0 Å². The van der Waals surface area contributed by atoms with Crippen molar-refractivity contribution < 1.29 is 18.7 Å². The second kappa shape index (κ2) is 13.3. The molecule has 0 fully saturated rings. The van der Waals surface area contributed by atoms with Crippen LogP contribution in [0.2, 0.25) is 0 Å². The molecule has 0 spiro atoms. The maximum atomic E-state index is 12.6. The lowest BCUT2D eigenvalue weighted by Gasteiger charge is -2.13. The van der Waals surface area contributed by atoms with Gasteiger partial charge >= 0.3 is 5.97 Å². The third-order valence-corrected chi connectivity index (χ3v) is 4.98. The number of halogens is 1.